The Kier molecular flexibility index (Phi) is 3.69. The maximum atomic E-state index is 11.6. The van der Waals surface area contributed by atoms with Crippen LogP contribution in [0.3, 0.4) is 0 Å². The van der Waals surface area contributed by atoms with Crippen molar-refractivity contribution < 1.29 is 4.79 Å². The molecule has 1 rings (SSSR count). The van der Waals surface area contributed by atoms with Crippen LogP contribution < -0.4 is 5.73 Å². The molecule has 4 heteroatoms. The van der Waals surface area contributed by atoms with E-state index in [-0.39, 0.29) is 11.9 Å². The van der Waals surface area contributed by atoms with Gasteiger partial charge in [0, 0.05) is 19.1 Å². The first-order chi connectivity index (χ1) is 6.09. The lowest BCUT2D eigenvalue weighted by molar-refractivity contribution is -0.133. The molecule has 76 valence electrons. The summed E-state index contributed by atoms with van der Waals surface area (Å²) in [6, 6.07) is 0.180. The van der Waals surface area contributed by atoms with Crippen molar-refractivity contribution in [2.75, 3.05) is 33.7 Å². The van der Waals surface area contributed by atoms with Gasteiger partial charge in [0.05, 0.1) is 6.54 Å². The van der Waals surface area contributed by atoms with Gasteiger partial charge in [-0.15, -0.1) is 0 Å². The number of likely N-dealkylation sites (N-methyl/N-ethyl adjacent to an activating group) is 1. The number of hydrogen-bond donors (Lipinski definition) is 1. The first-order valence-corrected chi connectivity index (χ1v) is 4.77. The maximum Gasteiger partial charge on any atom is 0.236 e. The molecule has 1 heterocycles. The minimum absolute atomic E-state index is 0.180. The molecule has 1 saturated heterocycles. The van der Waals surface area contributed by atoms with Crippen LogP contribution in [0.5, 0.6) is 0 Å². The third kappa shape index (κ3) is 3.32. The van der Waals surface area contributed by atoms with E-state index in [0.29, 0.717) is 6.54 Å². The van der Waals surface area contributed by atoms with Crippen molar-refractivity contribution >= 4 is 5.91 Å². The Morgan fingerprint density at radius 1 is 1.62 bits per heavy atom. The van der Waals surface area contributed by atoms with E-state index in [1.807, 2.05) is 23.9 Å². The van der Waals surface area contributed by atoms with Crippen molar-refractivity contribution in [1.82, 2.24) is 9.80 Å². The van der Waals surface area contributed by atoms with Crippen molar-refractivity contribution in [3.63, 3.8) is 0 Å². The Hall–Kier alpha value is -0.610. The van der Waals surface area contributed by atoms with E-state index in [4.69, 9.17) is 5.73 Å². The second-order valence-corrected chi connectivity index (χ2v) is 3.98. The van der Waals surface area contributed by atoms with Crippen LogP contribution >= 0.6 is 0 Å². The normalized spacial score (nSPS) is 23.7. The molecule has 2 N–H and O–H groups in total. The molecular formula is C9H19N3O. The summed E-state index contributed by atoms with van der Waals surface area (Å²) in [6.07, 6.45) is 2.09. The number of carbonyl (C=O) groups excluding carboxylic acids is 1. The van der Waals surface area contributed by atoms with Gasteiger partial charge in [0.15, 0.2) is 0 Å². The van der Waals surface area contributed by atoms with Crippen LogP contribution in [0.15, 0.2) is 0 Å². The van der Waals surface area contributed by atoms with Crippen LogP contribution in [0.2, 0.25) is 0 Å². The second-order valence-electron chi connectivity index (χ2n) is 3.98. The van der Waals surface area contributed by atoms with Gasteiger partial charge in [-0.2, -0.15) is 0 Å². The van der Waals surface area contributed by atoms with Gasteiger partial charge in [-0.3, -0.25) is 4.79 Å². The summed E-state index contributed by atoms with van der Waals surface area (Å²) < 4.78 is 0. The standard InChI is InChI=1S/C9H19N3O/c1-11(2)7-9(13)12-5-3-4-8(10)6-12/h8H,3-7,10H2,1-2H3/t8-/m1/s1. The highest BCUT2D eigenvalue weighted by Crippen LogP contribution is 2.08. The number of piperidine rings is 1. The van der Waals surface area contributed by atoms with Crippen LogP contribution in [0, 0.1) is 0 Å². The Bertz CT molecular complexity index is 182. The molecule has 1 atom stereocenters. The largest absolute Gasteiger partial charge is 0.340 e. The van der Waals surface area contributed by atoms with Crippen molar-refractivity contribution in [2.24, 2.45) is 5.73 Å². The molecule has 0 bridgehead atoms. The molecule has 1 fully saturated rings. The zero-order chi connectivity index (χ0) is 9.84. The van der Waals surface area contributed by atoms with E-state index in [2.05, 4.69) is 0 Å². The van der Waals surface area contributed by atoms with Gasteiger partial charge in [-0.25, -0.2) is 0 Å². The number of nitrogens with two attached hydrogens (primary N) is 1. The fourth-order valence-corrected chi connectivity index (χ4v) is 1.61. The first-order valence-electron chi connectivity index (χ1n) is 4.77. The number of hydrogen-bond acceptors (Lipinski definition) is 3. The van der Waals surface area contributed by atoms with Crippen LogP contribution in [0.25, 0.3) is 0 Å². The average Bonchev–Trinajstić information content (AvgIpc) is 2.03. The number of amides is 1. The van der Waals surface area contributed by atoms with Crippen LogP contribution in [0.4, 0.5) is 0 Å². The topological polar surface area (TPSA) is 49.6 Å². The monoisotopic (exact) mass is 185 g/mol. The molecule has 0 unspecified atom stereocenters. The van der Waals surface area contributed by atoms with Crippen molar-refractivity contribution in [3.8, 4) is 0 Å². The molecule has 0 aromatic rings. The van der Waals surface area contributed by atoms with E-state index in [1.165, 1.54) is 0 Å². The molecule has 1 aliphatic heterocycles. The summed E-state index contributed by atoms with van der Waals surface area (Å²) >= 11 is 0. The third-order valence-electron chi connectivity index (χ3n) is 2.26. The third-order valence-corrected chi connectivity index (χ3v) is 2.26. The Morgan fingerprint density at radius 2 is 2.31 bits per heavy atom. The smallest absolute Gasteiger partial charge is 0.236 e. The molecule has 0 aromatic heterocycles. The Balaban J connectivity index is 2.37. The minimum atomic E-state index is 0.180. The lowest BCUT2D eigenvalue weighted by Crippen LogP contribution is -2.48. The second kappa shape index (κ2) is 4.58. The zero-order valence-electron chi connectivity index (χ0n) is 8.49. The van der Waals surface area contributed by atoms with E-state index in [0.717, 1.165) is 25.9 Å². The lowest BCUT2D eigenvalue weighted by Gasteiger charge is -2.31. The van der Waals surface area contributed by atoms with E-state index in [9.17, 15) is 4.79 Å². The summed E-state index contributed by atoms with van der Waals surface area (Å²) in [4.78, 5) is 15.3. The van der Waals surface area contributed by atoms with Gasteiger partial charge >= 0.3 is 0 Å². The molecule has 1 amide bonds. The van der Waals surface area contributed by atoms with Gasteiger partial charge in [0.25, 0.3) is 0 Å². The van der Waals surface area contributed by atoms with Gasteiger partial charge in [0.1, 0.15) is 0 Å². The Morgan fingerprint density at radius 3 is 2.85 bits per heavy atom. The molecule has 0 aliphatic carbocycles. The maximum absolute atomic E-state index is 11.6. The molecular weight excluding hydrogens is 166 g/mol. The molecule has 13 heavy (non-hydrogen) atoms. The van der Waals surface area contributed by atoms with Crippen LogP contribution in [-0.2, 0) is 4.79 Å². The summed E-state index contributed by atoms with van der Waals surface area (Å²) in [5.41, 5.74) is 5.79. The van der Waals surface area contributed by atoms with Crippen molar-refractivity contribution in [3.05, 3.63) is 0 Å². The number of carbonyl (C=O) groups is 1. The summed E-state index contributed by atoms with van der Waals surface area (Å²) in [5.74, 6) is 0.195. The number of rotatable bonds is 2. The fourth-order valence-electron chi connectivity index (χ4n) is 1.61. The molecule has 0 spiro atoms. The average molecular weight is 185 g/mol. The molecule has 0 saturated carbocycles. The predicted molar refractivity (Wildman–Crippen MR) is 52.3 cm³/mol. The quantitative estimate of drug-likeness (QED) is 0.631. The van der Waals surface area contributed by atoms with E-state index in [1.54, 1.807) is 0 Å². The van der Waals surface area contributed by atoms with E-state index < -0.39 is 0 Å². The summed E-state index contributed by atoms with van der Waals surface area (Å²) in [6.45, 7) is 2.10. The molecule has 0 radical (unpaired) electrons. The number of likely N-dealkylation sites (tertiary alicyclic amines) is 1. The molecule has 1 aliphatic rings. The van der Waals surface area contributed by atoms with Gasteiger partial charge in [0.2, 0.25) is 5.91 Å². The van der Waals surface area contributed by atoms with Crippen LogP contribution in [0.1, 0.15) is 12.8 Å². The van der Waals surface area contributed by atoms with E-state index >= 15 is 0 Å². The highest BCUT2D eigenvalue weighted by molar-refractivity contribution is 5.78. The van der Waals surface area contributed by atoms with Gasteiger partial charge in [-0.1, -0.05) is 0 Å². The SMILES string of the molecule is CN(C)CC(=O)N1CCC[C@@H](N)C1. The highest BCUT2D eigenvalue weighted by Gasteiger charge is 2.20. The zero-order valence-corrected chi connectivity index (χ0v) is 8.49. The lowest BCUT2D eigenvalue weighted by atomic mass is 10.1. The molecule has 0 aromatic carbocycles. The minimum Gasteiger partial charge on any atom is -0.340 e. The fraction of sp³-hybridized carbons (Fsp3) is 0.889. The van der Waals surface area contributed by atoms with Gasteiger partial charge < -0.3 is 15.5 Å². The van der Waals surface area contributed by atoms with Crippen molar-refractivity contribution in [1.29, 1.82) is 0 Å². The first kappa shape index (κ1) is 10.5. The predicted octanol–water partition coefficient (Wildman–Crippen LogP) is -0.502. The van der Waals surface area contributed by atoms with Gasteiger partial charge in [-0.05, 0) is 26.9 Å². The van der Waals surface area contributed by atoms with Crippen LogP contribution in [-0.4, -0.2) is 55.5 Å². The number of nitrogens with zero attached hydrogens (tertiary/aromatic N) is 2. The Labute approximate surface area is 79.7 Å². The highest BCUT2D eigenvalue weighted by atomic mass is 16.2. The van der Waals surface area contributed by atoms with Crippen molar-refractivity contribution in [2.45, 2.75) is 18.9 Å². The summed E-state index contributed by atoms with van der Waals surface area (Å²) in [7, 11) is 3.81. The molecule has 4 nitrogen and oxygen atoms in total. The summed E-state index contributed by atoms with van der Waals surface area (Å²) in [5, 5.41) is 0.